The molecule has 3 aromatic rings. The molecule has 4 rings (SSSR count). The van der Waals surface area contributed by atoms with Gasteiger partial charge in [-0.05, 0) is 63.1 Å². The Bertz CT molecular complexity index is 1000. The van der Waals surface area contributed by atoms with Crippen molar-refractivity contribution in [3.63, 3.8) is 0 Å². The standard InChI is InChI=1S/C24H28N4O2S/c1-17-13-18(2)15-19(14-17)23-26-27-24(30-23)31-16-22(29)25-20-7-9-21(10-8-20)28-11-5-3-4-6-12-28/h7-10,13-15H,3-6,11-12,16H2,1-2H3,(H,25,29). The first-order valence-electron chi connectivity index (χ1n) is 10.8. The maximum atomic E-state index is 12.4. The molecule has 1 aliphatic heterocycles. The predicted molar refractivity (Wildman–Crippen MR) is 126 cm³/mol. The van der Waals surface area contributed by atoms with E-state index in [1.807, 2.05) is 38.1 Å². The Kier molecular flexibility index (Phi) is 6.92. The highest BCUT2D eigenvalue weighted by Gasteiger charge is 2.13. The van der Waals surface area contributed by atoms with Crippen LogP contribution in [0.2, 0.25) is 0 Å². The number of nitrogens with one attached hydrogen (secondary N) is 1. The number of aromatic nitrogens is 2. The van der Waals surface area contributed by atoms with Crippen LogP contribution in [0.1, 0.15) is 36.8 Å². The van der Waals surface area contributed by atoms with Crippen LogP contribution in [-0.2, 0) is 4.79 Å². The SMILES string of the molecule is Cc1cc(C)cc(-c2nnc(SCC(=O)Nc3ccc(N4CCCCCC4)cc3)o2)c1. The Morgan fingerprint density at radius 3 is 2.35 bits per heavy atom. The van der Waals surface area contributed by atoms with E-state index < -0.39 is 0 Å². The number of hydrogen-bond acceptors (Lipinski definition) is 6. The molecule has 31 heavy (non-hydrogen) atoms. The summed E-state index contributed by atoms with van der Waals surface area (Å²) in [7, 11) is 0. The number of aryl methyl sites for hydroxylation is 2. The lowest BCUT2D eigenvalue weighted by Gasteiger charge is -2.22. The van der Waals surface area contributed by atoms with Gasteiger partial charge in [0, 0.05) is 30.0 Å². The number of benzene rings is 2. The lowest BCUT2D eigenvalue weighted by Crippen LogP contribution is -2.23. The van der Waals surface area contributed by atoms with E-state index in [9.17, 15) is 4.79 Å². The van der Waals surface area contributed by atoms with Crippen LogP contribution in [0.15, 0.2) is 52.1 Å². The van der Waals surface area contributed by atoms with Gasteiger partial charge in [-0.25, -0.2) is 0 Å². The summed E-state index contributed by atoms with van der Waals surface area (Å²) in [5.74, 6) is 0.583. The minimum Gasteiger partial charge on any atom is -0.411 e. The van der Waals surface area contributed by atoms with Crippen LogP contribution in [0.4, 0.5) is 11.4 Å². The number of carbonyl (C=O) groups is 1. The Morgan fingerprint density at radius 1 is 1.00 bits per heavy atom. The zero-order valence-corrected chi connectivity index (χ0v) is 18.9. The molecule has 1 fully saturated rings. The van der Waals surface area contributed by atoms with Gasteiger partial charge >= 0.3 is 0 Å². The monoisotopic (exact) mass is 436 g/mol. The van der Waals surface area contributed by atoms with Gasteiger partial charge in [-0.1, -0.05) is 41.8 Å². The third kappa shape index (κ3) is 5.88. The first-order chi connectivity index (χ1) is 15.1. The van der Waals surface area contributed by atoms with Crippen molar-refractivity contribution < 1.29 is 9.21 Å². The molecule has 1 amide bonds. The third-order valence-corrected chi connectivity index (χ3v) is 6.14. The van der Waals surface area contributed by atoms with E-state index >= 15 is 0 Å². The molecule has 1 aromatic heterocycles. The van der Waals surface area contributed by atoms with Crippen LogP contribution in [0.5, 0.6) is 0 Å². The Labute approximate surface area is 187 Å². The fourth-order valence-corrected chi connectivity index (χ4v) is 4.45. The highest BCUT2D eigenvalue weighted by molar-refractivity contribution is 7.99. The highest BCUT2D eigenvalue weighted by atomic mass is 32.2. The second kappa shape index (κ2) is 10.0. The molecule has 2 aromatic carbocycles. The Balaban J connectivity index is 1.30. The lowest BCUT2D eigenvalue weighted by molar-refractivity contribution is -0.113. The topological polar surface area (TPSA) is 71.3 Å². The molecule has 0 unspecified atom stereocenters. The average Bonchev–Trinajstić information content (AvgIpc) is 3.06. The average molecular weight is 437 g/mol. The molecule has 1 aliphatic rings. The van der Waals surface area contributed by atoms with Crippen molar-refractivity contribution in [2.75, 3.05) is 29.1 Å². The number of amides is 1. The summed E-state index contributed by atoms with van der Waals surface area (Å²) in [6, 6.07) is 14.2. The number of anilines is 2. The smallest absolute Gasteiger partial charge is 0.277 e. The number of rotatable bonds is 6. The van der Waals surface area contributed by atoms with Crippen molar-refractivity contribution in [2.45, 2.75) is 44.8 Å². The van der Waals surface area contributed by atoms with E-state index in [1.165, 1.54) is 43.1 Å². The van der Waals surface area contributed by atoms with Crippen LogP contribution in [0.25, 0.3) is 11.5 Å². The van der Waals surface area contributed by atoms with E-state index in [4.69, 9.17) is 4.42 Å². The fraction of sp³-hybridized carbons (Fsp3) is 0.375. The third-order valence-electron chi connectivity index (χ3n) is 5.32. The van der Waals surface area contributed by atoms with Crippen LogP contribution in [0, 0.1) is 13.8 Å². The molecular formula is C24H28N4O2S. The molecule has 0 spiro atoms. The summed E-state index contributed by atoms with van der Waals surface area (Å²) < 4.78 is 5.73. The van der Waals surface area contributed by atoms with E-state index in [0.29, 0.717) is 11.1 Å². The summed E-state index contributed by atoms with van der Waals surface area (Å²) in [4.78, 5) is 14.8. The molecule has 7 heteroatoms. The maximum Gasteiger partial charge on any atom is 0.277 e. The van der Waals surface area contributed by atoms with Gasteiger partial charge < -0.3 is 14.6 Å². The molecule has 2 heterocycles. The van der Waals surface area contributed by atoms with Crippen molar-refractivity contribution in [2.24, 2.45) is 0 Å². The summed E-state index contributed by atoms with van der Waals surface area (Å²) in [5.41, 5.74) is 5.20. The van der Waals surface area contributed by atoms with Crippen molar-refractivity contribution in [3.05, 3.63) is 53.6 Å². The molecule has 1 saturated heterocycles. The van der Waals surface area contributed by atoms with Gasteiger partial charge in [-0.2, -0.15) is 0 Å². The molecule has 0 saturated carbocycles. The number of hydrogen-bond donors (Lipinski definition) is 1. The van der Waals surface area contributed by atoms with E-state index in [0.717, 1.165) is 35.5 Å². The van der Waals surface area contributed by atoms with Gasteiger partial charge in [0.05, 0.1) is 5.75 Å². The zero-order chi connectivity index (χ0) is 21.6. The first-order valence-corrected chi connectivity index (χ1v) is 11.8. The molecular weight excluding hydrogens is 408 g/mol. The number of thioether (sulfide) groups is 1. The van der Waals surface area contributed by atoms with Gasteiger partial charge in [0.1, 0.15) is 0 Å². The quantitative estimate of drug-likeness (QED) is 0.517. The summed E-state index contributed by atoms with van der Waals surface area (Å²) in [5, 5.41) is 11.5. The Morgan fingerprint density at radius 2 is 1.68 bits per heavy atom. The molecule has 0 atom stereocenters. The molecule has 162 valence electrons. The molecule has 6 nitrogen and oxygen atoms in total. The predicted octanol–water partition coefficient (Wildman–Crippen LogP) is 5.46. The van der Waals surface area contributed by atoms with Crippen molar-refractivity contribution in [3.8, 4) is 11.5 Å². The highest BCUT2D eigenvalue weighted by Crippen LogP contribution is 2.25. The second-order valence-electron chi connectivity index (χ2n) is 8.03. The molecule has 0 bridgehead atoms. The zero-order valence-electron chi connectivity index (χ0n) is 18.1. The summed E-state index contributed by atoms with van der Waals surface area (Å²) >= 11 is 1.24. The van der Waals surface area contributed by atoms with E-state index in [-0.39, 0.29) is 11.7 Å². The van der Waals surface area contributed by atoms with Gasteiger partial charge in [0.2, 0.25) is 11.8 Å². The largest absolute Gasteiger partial charge is 0.411 e. The van der Waals surface area contributed by atoms with Gasteiger partial charge in [0.15, 0.2) is 0 Å². The first kappa shape index (κ1) is 21.4. The number of carbonyl (C=O) groups excluding carboxylic acids is 1. The molecule has 1 N–H and O–H groups in total. The van der Waals surface area contributed by atoms with Gasteiger partial charge in [0.25, 0.3) is 5.22 Å². The maximum absolute atomic E-state index is 12.4. The van der Waals surface area contributed by atoms with Crippen molar-refractivity contribution in [1.29, 1.82) is 0 Å². The second-order valence-corrected chi connectivity index (χ2v) is 8.96. The molecule has 0 aliphatic carbocycles. The summed E-state index contributed by atoms with van der Waals surface area (Å²) in [6.07, 6.45) is 5.12. The minimum absolute atomic E-state index is 0.0985. The number of nitrogens with zero attached hydrogens (tertiary/aromatic N) is 3. The van der Waals surface area contributed by atoms with Gasteiger partial charge in [-0.15, -0.1) is 10.2 Å². The van der Waals surface area contributed by atoms with E-state index in [1.54, 1.807) is 0 Å². The normalized spacial score (nSPS) is 14.3. The molecule has 0 radical (unpaired) electrons. The lowest BCUT2D eigenvalue weighted by atomic mass is 10.1. The van der Waals surface area contributed by atoms with Crippen molar-refractivity contribution in [1.82, 2.24) is 10.2 Å². The fourth-order valence-electron chi connectivity index (χ4n) is 3.89. The summed E-state index contributed by atoms with van der Waals surface area (Å²) in [6.45, 7) is 6.29. The van der Waals surface area contributed by atoms with Crippen molar-refractivity contribution >= 4 is 29.0 Å². The van der Waals surface area contributed by atoms with Gasteiger partial charge in [-0.3, -0.25) is 4.79 Å². The minimum atomic E-state index is -0.0985. The van der Waals surface area contributed by atoms with Crippen LogP contribution < -0.4 is 10.2 Å². The van der Waals surface area contributed by atoms with Crippen LogP contribution >= 0.6 is 11.8 Å². The van der Waals surface area contributed by atoms with Crippen LogP contribution in [-0.4, -0.2) is 34.9 Å². The van der Waals surface area contributed by atoms with Crippen LogP contribution in [0.3, 0.4) is 0 Å². The van der Waals surface area contributed by atoms with E-state index in [2.05, 4.69) is 38.6 Å². The Hall–Kier alpha value is -2.80.